The van der Waals surface area contributed by atoms with Crippen LogP contribution < -0.4 is 5.32 Å². The van der Waals surface area contributed by atoms with E-state index in [9.17, 15) is 9.18 Å². The molecule has 2 aromatic rings. The molecule has 1 atom stereocenters. The molecule has 0 radical (unpaired) electrons. The summed E-state index contributed by atoms with van der Waals surface area (Å²) in [5.74, 6) is -0.508. The fourth-order valence-corrected chi connectivity index (χ4v) is 4.65. The van der Waals surface area contributed by atoms with E-state index in [4.69, 9.17) is 4.74 Å². The van der Waals surface area contributed by atoms with Crippen LogP contribution in [0.4, 0.5) is 4.39 Å². The van der Waals surface area contributed by atoms with E-state index in [2.05, 4.69) is 40.5 Å². The van der Waals surface area contributed by atoms with Gasteiger partial charge in [0.05, 0.1) is 11.7 Å². The van der Waals surface area contributed by atoms with Crippen molar-refractivity contribution >= 4 is 5.91 Å². The van der Waals surface area contributed by atoms with E-state index in [1.807, 2.05) is 0 Å². The highest BCUT2D eigenvalue weighted by Crippen LogP contribution is 2.38. The molecule has 0 aromatic heterocycles. The number of amides is 1. The van der Waals surface area contributed by atoms with Crippen LogP contribution >= 0.6 is 0 Å². The molecule has 1 spiro atoms. The fraction of sp³-hybridized carbons (Fsp3) is 0.480. The molecule has 2 aromatic carbocycles. The minimum atomic E-state index is -0.334. The van der Waals surface area contributed by atoms with Gasteiger partial charge >= 0.3 is 0 Å². The Bertz CT molecular complexity index is 817. The number of benzene rings is 2. The molecule has 0 unspecified atom stereocenters. The van der Waals surface area contributed by atoms with Crippen molar-refractivity contribution in [1.29, 1.82) is 0 Å². The Labute approximate surface area is 178 Å². The first kappa shape index (κ1) is 21.0. The van der Waals surface area contributed by atoms with E-state index in [0.717, 1.165) is 51.7 Å². The average molecular weight is 411 g/mol. The third-order valence-corrected chi connectivity index (χ3v) is 6.49. The minimum absolute atomic E-state index is 0.0127. The van der Waals surface area contributed by atoms with Crippen molar-refractivity contribution in [2.75, 3.05) is 26.2 Å². The maximum atomic E-state index is 13.0. The van der Waals surface area contributed by atoms with Gasteiger partial charge in [0.25, 0.3) is 5.91 Å². The van der Waals surface area contributed by atoms with Gasteiger partial charge in [0.15, 0.2) is 0 Å². The van der Waals surface area contributed by atoms with Gasteiger partial charge in [-0.2, -0.15) is 0 Å². The zero-order valence-corrected chi connectivity index (χ0v) is 17.5. The van der Waals surface area contributed by atoms with Gasteiger partial charge in [0, 0.05) is 25.2 Å². The van der Waals surface area contributed by atoms with Crippen LogP contribution in [0.3, 0.4) is 0 Å². The van der Waals surface area contributed by atoms with E-state index in [1.165, 1.54) is 36.2 Å². The monoisotopic (exact) mass is 410 g/mol. The number of nitrogens with zero attached hydrogens (tertiary/aromatic N) is 1. The SMILES string of the molecule is O=C(NC[C@H]1CCC2(CCN(CCCc3ccccc3)CC2)O1)c1ccc(F)cc1. The highest BCUT2D eigenvalue weighted by Gasteiger charge is 2.42. The normalized spacial score (nSPS) is 21.0. The van der Waals surface area contributed by atoms with Crippen LogP contribution in [0, 0.1) is 5.82 Å². The molecule has 2 fully saturated rings. The molecule has 1 N–H and O–H groups in total. The number of hydrogen-bond donors (Lipinski definition) is 1. The Morgan fingerprint density at radius 3 is 2.53 bits per heavy atom. The molecule has 2 saturated heterocycles. The highest BCUT2D eigenvalue weighted by atomic mass is 19.1. The van der Waals surface area contributed by atoms with Gasteiger partial charge in [-0.1, -0.05) is 30.3 Å². The number of piperidine rings is 1. The van der Waals surface area contributed by atoms with E-state index in [0.29, 0.717) is 12.1 Å². The lowest BCUT2D eigenvalue weighted by Crippen LogP contribution is -2.45. The van der Waals surface area contributed by atoms with Gasteiger partial charge in [0.1, 0.15) is 5.82 Å². The van der Waals surface area contributed by atoms with E-state index in [-0.39, 0.29) is 23.4 Å². The topological polar surface area (TPSA) is 41.6 Å². The molecule has 0 bridgehead atoms. The predicted octanol–water partition coefficient (Wildman–Crippen LogP) is 4.20. The smallest absolute Gasteiger partial charge is 0.251 e. The molecule has 4 rings (SSSR count). The summed E-state index contributed by atoms with van der Waals surface area (Å²) >= 11 is 0. The molecule has 160 valence electrons. The second kappa shape index (κ2) is 9.71. The fourth-order valence-electron chi connectivity index (χ4n) is 4.65. The Hall–Kier alpha value is -2.24. The van der Waals surface area contributed by atoms with Gasteiger partial charge in [0.2, 0.25) is 0 Å². The third kappa shape index (κ3) is 5.46. The van der Waals surface area contributed by atoms with Crippen LogP contribution in [0.1, 0.15) is 48.0 Å². The summed E-state index contributed by atoms with van der Waals surface area (Å²) in [5.41, 5.74) is 1.88. The highest BCUT2D eigenvalue weighted by molar-refractivity contribution is 5.94. The molecular weight excluding hydrogens is 379 g/mol. The Balaban J connectivity index is 1.16. The molecule has 4 nitrogen and oxygen atoms in total. The molecule has 30 heavy (non-hydrogen) atoms. The lowest BCUT2D eigenvalue weighted by Gasteiger charge is -2.39. The van der Waals surface area contributed by atoms with Crippen molar-refractivity contribution in [3.8, 4) is 0 Å². The van der Waals surface area contributed by atoms with E-state index < -0.39 is 0 Å². The molecular formula is C25H31FN2O2. The lowest BCUT2D eigenvalue weighted by atomic mass is 9.88. The molecule has 2 aliphatic heterocycles. The first-order valence-electron chi connectivity index (χ1n) is 11.1. The van der Waals surface area contributed by atoms with Crippen molar-refractivity contribution in [3.05, 3.63) is 71.5 Å². The molecule has 1 amide bonds. The average Bonchev–Trinajstić information content (AvgIpc) is 3.17. The number of carbonyl (C=O) groups excluding carboxylic acids is 1. The van der Waals surface area contributed by atoms with Gasteiger partial charge in [-0.3, -0.25) is 4.79 Å². The standard InChI is InChI=1S/C25H31FN2O2/c26-22-10-8-21(9-11-22)24(29)27-19-23-12-13-25(30-23)14-17-28(18-15-25)16-4-7-20-5-2-1-3-6-20/h1-3,5-6,8-11,23H,4,7,12-19H2,(H,27,29)/t23-/m1/s1. The second-order valence-corrected chi connectivity index (χ2v) is 8.61. The molecule has 0 saturated carbocycles. The zero-order valence-electron chi connectivity index (χ0n) is 17.5. The molecule has 5 heteroatoms. The Morgan fingerprint density at radius 1 is 1.07 bits per heavy atom. The zero-order chi connectivity index (χ0) is 20.8. The van der Waals surface area contributed by atoms with Crippen LogP contribution in [0.2, 0.25) is 0 Å². The van der Waals surface area contributed by atoms with Crippen molar-refractivity contribution in [2.45, 2.75) is 50.2 Å². The van der Waals surface area contributed by atoms with Crippen molar-refractivity contribution in [2.24, 2.45) is 0 Å². The van der Waals surface area contributed by atoms with Crippen LogP contribution in [-0.2, 0) is 11.2 Å². The number of nitrogens with one attached hydrogen (secondary N) is 1. The summed E-state index contributed by atoms with van der Waals surface area (Å²) in [5, 5.41) is 2.94. The van der Waals surface area contributed by atoms with Crippen LogP contribution in [0.25, 0.3) is 0 Å². The van der Waals surface area contributed by atoms with Crippen molar-refractivity contribution in [1.82, 2.24) is 10.2 Å². The quantitative estimate of drug-likeness (QED) is 0.744. The summed E-state index contributed by atoms with van der Waals surface area (Å²) in [4.78, 5) is 14.8. The number of aryl methyl sites for hydroxylation is 1. The van der Waals surface area contributed by atoms with Crippen LogP contribution in [-0.4, -0.2) is 48.7 Å². The maximum Gasteiger partial charge on any atom is 0.251 e. The number of carbonyl (C=O) groups is 1. The molecule has 2 aliphatic rings. The summed E-state index contributed by atoms with van der Waals surface area (Å²) in [7, 11) is 0. The summed E-state index contributed by atoms with van der Waals surface area (Å²) in [6.45, 7) is 3.83. The van der Waals surface area contributed by atoms with Crippen LogP contribution in [0.15, 0.2) is 54.6 Å². The van der Waals surface area contributed by atoms with Gasteiger partial charge in [-0.25, -0.2) is 4.39 Å². The van der Waals surface area contributed by atoms with Crippen molar-refractivity contribution < 1.29 is 13.9 Å². The van der Waals surface area contributed by atoms with Gasteiger partial charge < -0.3 is 15.0 Å². The van der Waals surface area contributed by atoms with E-state index >= 15 is 0 Å². The number of halogens is 1. The van der Waals surface area contributed by atoms with E-state index in [1.54, 1.807) is 0 Å². The number of ether oxygens (including phenoxy) is 1. The number of rotatable bonds is 7. The largest absolute Gasteiger partial charge is 0.370 e. The minimum Gasteiger partial charge on any atom is -0.370 e. The first-order valence-corrected chi connectivity index (χ1v) is 11.1. The lowest BCUT2D eigenvalue weighted by molar-refractivity contribution is -0.0754. The van der Waals surface area contributed by atoms with Crippen LogP contribution in [0.5, 0.6) is 0 Å². The first-order chi connectivity index (χ1) is 14.6. The molecule has 0 aliphatic carbocycles. The van der Waals surface area contributed by atoms with Gasteiger partial charge in [-0.15, -0.1) is 0 Å². The Kier molecular flexibility index (Phi) is 6.80. The maximum absolute atomic E-state index is 13.0. The summed E-state index contributed by atoms with van der Waals surface area (Å²) in [6.07, 6.45) is 6.59. The summed E-state index contributed by atoms with van der Waals surface area (Å²) in [6, 6.07) is 16.3. The number of likely N-dealkylation sites (tertiary alicyclic amines) is 1. The molecule has 2 heterocycles. The Morgan fingerprint density at radius 2 is 1.80 bits per heavy atom. The number of hydrogen-bond acceptors (Lipinski definition) is 3. The van der Waals surface area contributed by atoms with Crippen molar-refractivity contribution in [3.63, 3.8) is 0 Å². The van der Waals surface area contributed by atoms with Gasteiger partial charge in [-0.05, 0) is 74.9 Å². The predicted molar refractivity (Wildman–Crippen MR) is 116 cm³/mol. The third-order valence-electron chi connectivity index (χ3n) is 6.49. The second-order valence-electron chi connectivity index (χ2n) is 8.61. The summed E-state index contributed by atoms with van der Waals surface area (Å²) < 4.78 is 19.4.